The SMILES string of the molecule is CCc1ncc(CNC(C)c2ccc(S(N)(=O)=O)cc2)s1. The molecule has 114 valence electrons. The molecule has 1 unspecified atom stereocenters. The first-order valence-electron chi connectivity index (χ1n) is 6.70. The van der Waals surface area contributed by atoms with E-state index in [-0.39, 0.29) is 10.9 Å². The summed E-state index contributed by atoms with van der Waals surface area (Å²) in [5.41, 5.74) is 1.02. The van der Waals surface area contributed by atoms with Crippen molar-refractivity contribution in [1.29, 1.82) is 0 Å². The first kappa shape index (κ1) is 16.1. The zero-order valence-corrected chi connectivity index (χ0v) is 13.7. The minimum Gasteiger partial charge on any atom is -0.305 e. The molecule has 0 spiro atoms. The minimum atomic E-state index is -3.63. The molecule has 1 aromatic carbocycles. The Balaban J connectivity index is 1.98. The lowest BCUT2D eigenvalue weighted by atomic mass is 10.1. The number of nitrogens with one attached hydrogen (secondary N) is 1. The van der Waals surface area contributed by atoms with Gasteiger partial charge in [0.05, 0.1) is 9.90 Å². The normalized spacial score (nSPS) is 13.3. The van der Waals surface area contributed by atoms with E-state index >= 15 is 0 Å². The van der Waals surface area contributed by atoms with Gasteiger partial charge >= 0.3 is 0 Å². The Morgan fingerprint density at radius 2 is 2.00 bits per heavy atom. The van der Waals surface area contributed by atoms with Crippen molar-refractivity contribution in [3.05, 3.63) is 45.9 Å². The minimum absolute atomic E-state index is 0.117. The molecule has 1 atom stereocenters. The van der Waals surface area contributed by atoms with Crippen molar-refractivity contribution in [3.63, 3.8) is 0 Å². The van der Waals surface area contributed by atoms with Crippen LogP contribution in [0.25, 0.3) is 0 Å². The summed E-state index contributed by atoms with van der Waals surface area (Å²) in [7, 11) is -3.63. The Morgan fingerprint density at radius 3 is 2.52 bits per heavy atom. The maximum atomic E-state index is 11.2. The molecule has 0 aliphatic carbocycles. The van der Waals surface area contributed by atoms with E-state index < -0.39 is 10.0 Å². The number of nitrogens with two attached hydrogens (primary N) is 1. The third-order valence-electron chi connectivity index (χ3n) is 3.20. The van der Waals surface area contributed by atoms with E-state index in [2.05, 4.69) is 17.2 Å². The Hall–Kier alpha value is -1.28. The van der Waals surface area contributed by atoms with Crippen molar-refractivity contribution >= 4 is 21.4 Å². The monoisotopic (exact) mass is 325 g/mol. The second-order valence-electron chi connectivity index (χ2n) is 4.79. The van der Waals surface area contributed by atoms with Gasteiger partial charge in [-0.05, 0) is 31.0 Å². The predicted octanol–water partition coefficient (Wildman–Crippen LogP) is 2.20. The molecule has 5 nitrogen and oxygen atoms in total. The lowest BCUT2D eigenvalue weighted by molar-refractivity contribution is 0.577. The van der Waals surface area contributed by atoms with Gasteiger partial charge in [0.15, 0.2) is 0 Å². The van der Waals surface area contributed by atoms with Gasteiger partial charge in [0.25, 0.3) is 0 Å². The maximum Gasteiger partial charge on any atom is 0.238 e. The van der Waals surface area contributed by atoms with E-state index in [0.29, 0.717) is 0 Å². The largest absolute Gasteiger partial charge is 0.305 e. The van der Waals surface area contributed by atoms with Crippen molar-refractivity contribution in [3.8, 4) is 0 Å². The number of hydrogen-bond donors (Lipinski definition) is 2. The fourth-order valence-corrected chi connectivity index (χ4v) is 3.24. The van der Waals surface area contributed by atoms with Crippen molar-refractivity contribution in [2.24, 2.45) is 5.14 Å². The fraction of sp³-hybridized carbons (Fsp3) is 0.357. The number of aryl methyl sites for hydroxylation is 1. The molecule has 0 aliphatic rings. The summed E-state index contributed by atoms with van der Waals surface area (Å²) in [4.78, 5) is 5.65. The van der Waals surface area contributed by atoms with E-state index in [1.165, 1.54) is 17.0 Å². The molecule has 0 aliphatic heterocycles. The molecule has 0 bridgehead atoms. The van der Waals surface area contributed by atoms with E-state index in [1.807, 2.05) is 13.1 Å². The summed E-state index contributed by atoms with van der Waals surface area (Å²) in [6, 6.07) is 6.74. The smallest absolute Gasteiger partial charge is 0.238 e. The predicted molar refractivity (Wildman–Crippen MR) is 84.6 cm³/mol. The molecule has 0 fully saturated rings. The zero-order chi connectivity index (χ0) is 15.5. The average molecular weight is 325 g/mol. The molecule has 3 N–H and O–H groups in total. The molecular formula is C14H19N3O2S2. The summed E-state index contributed by atoms with van der Waals surface area (Å²) in [5.74, 6) is 0. The Kier molecular flexibility index (Phi) is 5.10. The quantitative estimate of drug-likeness (QED) is 0.852. The van der Waals surface area contributed by atoms with Crippen LogP contribution >= 0.6 is 11.3 Å². The van der Waals surface area contributed by atoms with Crippen LogP contribution in [-0.2, 0) is 23.0 Å². The number of rotatable bonds is 6. The lowest BCUT2D eigenvalue weighted by Crippen LogP contribution is -2.18. The Morgan fingerprint density at radius 1 is 1.33 bits per heavy atom. The highest BCUT2D eigenvalue weighted by Crippen LogP contribution is 2.18. The molecular weight excluding hydrogens is 306 g/mol. The van der Waals surface area contributed by atoms with Gasteiger partial charge in [-0.1, -0.05) is 19.1 Å². The lowest BCUT2D eigenvalue weighted by Gasteiger charge is -2.13. The van der Waals surface area contributed by atoms with Crippen molar-refractivity contribution in [2.45, 2.75) is 37.8 Å². The van der Waals surface area contributed by atoms with Crippen LogP contribution in [0.5, 0.6) is 0 Å². The topological polar surface area (TPSA) is 85.1 Å². The van der Waals surface area contributed by atoms with Crippen molar-refractivity contribution in [1.82, 2.24) is 10.3 Å². The maximum absolute atomic E-state index is 11.2. The Bertz CT molecular complexity index is 693. The highest BCUT2D eigenvalue weighted by molar-refractivity contribution is 7.89. The highest BCUT2D eigenvalue weighted by Gasteiger charge is 2.10. The fourth-order valence-electron chi connectivity index (χ4n) is 1.91. The third-order valence-corrected chi connectivity index (χ3v) is 5.27. The summed E-state index contributed by atoms with van der Waals surface area (Å²) >= 11 is 1.71. The number of nitrogens with zero attached hydrogens (tertiary/aromatic N) is 1. The average Bonchev–Trinajstić information content (AvgIpc) is 2.92. The first-order valence-corrected chi connectivity index (χ1v) is 9.06. The van der Waals surface area contributed by atoms with Crippen molar-refractivity contribution < 1.29 is 8.42 Å². The van der Waals surface area contributed by atoms with Gasteiger partial charge in [0, 0.05) is 23.7 Å². The van der Waals surface area contributed by atoms with Crippen LogP contribution in [0.3, 0.4) is 0 Å². The molecule has 0 saturated carbocycles. The van der Waals surface area contributed by atoms with Crippen LogP contribution in [0.1, 0.15) is 35.3 Å². The number of benzene rings is 1. The summed E-state index contributed by atoms with van der Waals surface area (Å²) in [6.45, 7) is 4.87. The molecule has 2 rings (SSSR count). The molecule has 0 radical (unpaired) electrons. The molecule has 1 heterocycles. The zero-order valence-electron chi connectivity index (χ0n) is 12.0. The van der Waals surface area contributed by atoms with Gasteiger partial charge in [0.2, 0.25) is 10.0 Å². The summed E-state index contributed by atoms with van der Waals surface area (Å²) in [6.07, 6.45) is 2.85. The van der Waals surface area contributed by atoms with Crippen LogP contribution in [0.4, 0.5) is 0 Å². The first-order chi connectivity index (χ1) is 9.90. The van der Waals surface area contributed by atoms with E-state index in [9.17, 15) is 8.42 Å². The number of hydrogen-bond acceptors (Lipinski definition) is 5. The van der Waals surface area contributed by atoms with E-state index in [4.69, 9.17) is 5.14 Å². The summed E-state index contributed by atoms with van der Waals surface area (Å²) < 4.78 is 22.4. The van der Waals surface area contributed by atoms with Crippen LogP contribution in [0.2, 0.25) is 0 Å². The van der Waals surface area contributed by atoms with E-state index in [1.54, 1.807) is 23.5 Å². The van der Waals surface area contributed by atoms with Gasteiger partial charge < -0.3 is 5.32 Å². The Labute approximate surface area is 129 Å². The highest BCUT2D eigenvalue weighted by atomic mass is 32.2. The molecule has 0 amide bonds. The summed E-state index contributed by atoms with van der Waals surface area (Å²) in [5, 5.41) is 9.62. The van der Waals surface area contributed by atoms with Crippen LogP contribution < -0.4 is 10.5 Å². The van der Waals surface area contributed by atoms with Gasteiger partial charge in [-0.3, -0.25) is 0 Å². The van der Waals surface area contributed by atoms with Crippen LogP contribution in [0, 0.1) is 0 Å². The third kappa shape index (κ3) is 4.34. The van der Waals surface area contributed by atoms with Gasteiger partial charge in [-0.2, -0.15) is 0 Å². The second kappa shape index (κ2) is 6.65. The van der Waals surface area contributed by atoms with Crippen LogP contribution in [0.15, 0.2) is 35.4 Å². The number of primary sulfonamides is 1. The standard InChI is InChI=1S/C14H19N3O2S2/c1-3-14-17-9-12(20-14)8-16-10(2)11-4-6-13(7-5-11)21(15,18)19/h4-7,9-10,16H,3,8H2,1-2H3,(H2,15,18,19). The number of sulfonamides is 1. The van der Waals surface area contributed by atoms with Crippen LogP contribution in [-0.4, -0.2) is 13.4 Å². The number of aromatic nitrogens is 1. The van der Waals surface area contributed by atoms with Gasteiger partial charge in [0.1, 0.15) is 0 Å². The molecule has 7 heteroatoms. The van der Waals surface area contributed by atoms with Gasteiger partial charge in [-0.25, -0.2) is 18.5 Å². The molecule has 0 saturated heterocycles. The second-order valence-corrected chi connectivity index (χ2v) is 7.55. The molecule has 1 aromatic heterocycles. The van der Waals surface area contributed by atoms with Crippen molar-refractivity contribution in [2.75, 3.05) is 0 Å². The molecule has 2 aromatic rings. The van der Waals surface area contributed by atoms with E-state index in [0.717, 1.165) is 23.5 Å². The number of thiazole rings is 1. The van der Waals surface area contributed by atoms with Gasteiger partial charge in [-0.15, -0.1) is 11.3 Å². The molecule has 21 heavy (non-hydrogen) atoms.